The molecule has 1 aromatic rings. The average molecular weight is 223 g/mol. The summed E-state index contributed by atoms with van der Waals surface area (Å²) in [6, 6.07) is 1.14. The molecule has 1 heterocycles. The molecular formula is C8H9ClF2N2O. The van der Waals surface area contributed by atoms with Gasteiger partial charge in [-0.25, -0.2) is 13.8 Å². The Kier molecular flexibility index (Phi) is 3.60. The van der Waals surface area contributed by atoms with Crippen molar-refractivity contribution in [2.75, 3.05) is 7.11 Å². The fraction of sp³-hybridized carbons (Fsp3) is 0.375. The Morgan fingerprint density at radius 3 is 2.71 bits per heavy atom. The second-order valence-electron chi connectivity index (χ2n) is 2.52. The Morgan fingerprint density at radius 2 is 2.29 bits per heavy atom. The fourth-order valence-corrected chi connectivity index (χ4v) is 1.28. The molecular weight excluding hydrogens is 214 g/mol. The lowest BCUT2D eigenvalue weighted by atomic mass is 10.2. The van der Waals surface area contributed by atoms with Gasteiger partial charge in [0.05, 0.1) is 7.11 Å². The molecule has 0 aliphatic heterocycles. The fourth-order valence-electron chi connectivity index (χ4n) is 1.01. The molecule has 78 valence electrons. The molecule has 0 unspecified atom stereocenters. The van der Waals surface area contributed by atoms with Crippen LogP contribution in [-0.2, 0) is 6.54 Å². The Labute approximate surface area is 84.8 Å². The minimum Gasteiger partial charge on any atom is -0.496 e. The highest BCUT2D eigenvalue weighted by Crippen LogP contribution is 2.29. The van der Waals surface area contributed by atoms with Crippen molar-refractivity contribution < 1.29 is 13.5 Å². The smallest absolute Gasteiger partial charge is 0.280 e. The van der Waals surface area contributed by atoms with E-state index in [0.29, 0.717) is 5.56 Å². The topological polar surface area (TPSA) is 48.1 Å². The molecule has 14 heavy (non-hydrogen) atoms. The van der Waals surface area contributed by atoms with Crippen molar-refractivity contribution >= 4 is 11.6 Å². The summed E-state index contributed by atoms with van der Waals surface area (Å²) in [6.07, 6.45) is -2.67. The first-order valence-electron chi connectivity index (χ1n) is 3.81. The van der Waals surface area contributed by atoms with E-state index in [9.17, 15) is 8.78 Å². The molecule has 1 rings (SSSR count). The quantitative estimate of drug-likeness (QED) is 0.798. The van der Waals surface area contributed by atoms with Crippen LogP contribution in [0.4, 0.5) is 8.78 Å². The summed E-state index contributed by atoms with van der Waals surface area (Å²) in [7, 11) is 1.36. The number of nitrogens with zero attached hydrogens (tertiary/aromatic N) is 1. The van der Waals surface area contributed by atoms with Gasteiger partial charge in [-0.2, -0.15) is 0 Å². The number of hydrogen-bond acceptors (Lipinski definition) is 3. The van der Waals surface area contributed by atoms with E-state index in [1.807, 2.05) is 0 Å². The van der Waals surface area contributed by atoms with Gasteiger partial charge >= 0.3 is 0 Å². The van der Waals surface area contributed by atoms with E-state index < -0.39 is 12.1 Å². The summed E-state index contributed by atoms with van der Waals surface area (Å²) in [4.78, 5) is 3.51. The Morgan fingerprint density at radius 1 is 1.64 bits per heavy atom. The SMILES string of the molecule is COc1cc(C(F)F)nc(Cl)c1CN. The van der Waals surface area contributed by atoms with Crippen molar-refractivity contribution in [3.05, 3.63) is 22.5 Å². The van der Waals surface area contributed by atoms with E-state index in [1.165, 1.54) is 7.11 Å². The zero-order valence-corrected chi connectivity index (χ0v) is 8.18. The second kappa shape index (κ2) is 4.52. The van der Waals surface area contributed by atoms with Crippen LogP contribution in [0.5, 0.6) is 5.75 Å². The molecule has 0 atom stereocenters. The Hall–Kier alpha value is -0.940. The maximum Gasteiger partial charge on any atom is 0.280 e. The molecule has 0 spiro atoms. The van der Waals surface area contributed by atoms with Crippen molar-refractivity contribution in [1.29, 1.82) is 0 Å². The minimum atomic E-state index is -2.67. The van der Waals surface area contributed by atoms with Gasteiger partial charge in [0.25, 0.3) is 6.43 Å². The third-order valence-corrected chi connectivity index (χ3v) is 2.01. The molecule has 2 N–H and O–H groups in total. The number of pyridine rings is 1. The van der Waals surface area contributed by atoms with Gasteiger partial charge in [-0.15, -0.1) is 0 Å². The molecule has 0 aromatic carbocycles. The van der Waals surface area contributed by atoms with Crippen LogP contribution in [0.15, 0.2) is 6.07 Å². The highest BCUT2D eigenvalue weighted by Gasteiger charge is 2.15. The van der Waals surface area contributed by atoms with Gasteiger partial charge < -0.3 is 10.5 Å². The predicted octanol–water partition coefficient (Wildman–Crippen LogP) is 2.14. The van der Waals surface area contributed by atoms with E-state index in [2.05, 4.69) is 4.98 Å². The van der Waals surface area contributed by atoms with E-state index in [1.54, 1.807) is 0 Å². The molecule has 0 saturated heterocycles. The number of hydrogen-bond donors (Lipinski definition) is 1. The van der Waals surface area contributed by atoms with Crippen molar-refractivity contribution in [3.8, 4) is 5.75 Å². The van der Waals surface area contributed by atoms with Crippen LogP contribution in [0.3, 0.4) is 0 Å². The van der Waals surface area contributed by atoms with E-state index in [0.717, 1.165) is 6.07 Å². The van der Waals surface area contributed by atoms with Crippen LogP contribution >= 0.6 is 11.6 Å². The predicted molar refractivity (Wildman–Crippen MR) is 48.6 cm³/mol. The normalized spacial score (nSPS) is 10.7. The summed E-state index contributed by atoms with van der Waals surface area (Å²) in [6.45, 7) is 0.0958. The average Bonchev–Trinajstić information content (AvgIpc) is 2.16. The van der Waals surface area contributed by atoms with Crippen molar-refractivity contribution in [1.82, 2.24) is 4.98 Å². The van der Waals surface area contributed by atoms with Gasteiger partial charge in [-0.05, 0) is 0 Å². The third kappa shape index (κ3) is 2.10. The van der Waals surface area contributed by atoms with Gasteiger partial charge in [0, 0.05) is 18.2 Å². The molecule has 6 heteroatoms. The lowest BCUT2D eigenvalue weighted by molar-refractivity contribution is 0.145. The van der Waals surface area contributed by atoms with Crippen LogP contribution in [0, 0.1) is 0 Å². The maximum atomic E-state index is 12.3. The summed E-state index contributed by atoms with van der Waals surface area (Å²) in [5.41, 5.74) is 5.38. The number of alkyl halides is 2. The lowest BCUT2D eigenvalue weighted by Gasteiger charge is -2.09. The number of rotatable bonds is 3. The largest absolute Gasteiger partial charge is 0.496 e. The zero-order chi connectivity index (χ0) is 10.7. The number of nitrogens with two attached hydrogens (primary N) is 1. The lowest BCUT2D eigenvalue weighted by Crippen LogP contribution is -2.04. The first kappa shape index (κ1) is 11.1. The van der Waals surface area contributed by atoms with Gasteiger partial charge in [0.1, 0.15) is 16.6 Å². The molecule has 0 amide bonds. The second-order valence-corrected chi connectivity index (χ2v) is 2.88. The Bertz CT molecular complexity index is 333. The highest BCUT2D eigenvalue weighted by atomic mass is 35.5. The molecule has 0 aliphatic carbocycles. The summed E-state index contributed by atoms with van der Waals surface area (Å²) >= 11 is 5.65. The number of ether oxygens (including phenoxy) is 1. The van der Waals surface area contributed by atoms with Gasteiger partial charge in [-0.3, -0.25) is 0 Å². The van der Waals surface area contributed by atoms with E-state index >= 15 is 0 Å². The first-order chi connectivity index (χ1) is 6.60. The van der Waals surface area contributed by atoms with Crippen LogP contribution < -0.4 is 10.5 Å². The van der Waals surface area contributed by atoms with Crippen LogP contribution in [0.1, 0.15) is 17.7 Å². The number of methoxy groups -OCH3 is 1. The standard InChI is InChI=1S/C8H9ClF2N2O/c1-14-6-2-5(8(10)11)13-7(9)4(6)3-12/h2,8H,3,12H2,1H3. The molecule has 0 fully saturated rings. The molecule has 1 aromatic heterocycles. The van der Waals surface area contributed by atoms with Crippen LogP contribution in [-0.4, -0.2) is 12.1 Å². The third-order valence-electron chi connectivity index (χ3n) is 1.70. The minimum absolute atomic E-state index is 0.0397. The zero-order valence-electron chi connectivity index (χ0n) is 7.43. The summed E-state index contributed by atoms with van der Waals surface area (Å²) < 4.78 is 29.5. The molecule has 0 radical (unpaired) electrons. The van der Waals surface area contributed by atoms with Gasteiger partial charge in [0.2, 0.25) is 0 Å². The van der Waals surface area contributed by atoms with E-state index in [-0.39, 0.29) is 17.4 Å². The van der Waals surface area contributed by atoms with Crippen molar-refractivity contribution in [2.45, 2.75) is 13.0 Å². The van der Waals surface area contributed by atoms with Gasteiger partial charge in [0.15, 0.2) is 0 Å². The molecule has 0 aliphatic rings. The summed E-state index contributed by atoms with van der Waals surface area (Å²) in [5, 5.41) is -0.0397. The first-order valence-corrected chi connectivity index (χ1v) is 4.19. The molecule has 0 saturated carbocycles. The van der Waals surface area contributed by atoms with Gasteiger partial charge in [-0.1, -0.05) is 11.6 Å². The number of halogens is 3. The Balaban J connectivity index is 3.24. The summed E-state index contributed by atoms with van der Waals surface area (Å²) in [5.74, 6) is 0.239. The van der Waals surface area contributed by atoms with Crippen LogP contribution in [0.25, 0.3) is 0 Å². The monoisotopic (exact) mass is 222 g/mol. The highest BCUT2D eigenvalue weighted by molar-refractivity contribution is 6.30. The molecule has 0 bridgehead atoms. The van der Waals surface area contributed by atoms with Crippen LogP contribution in [0.2, 0.25) is 5.15 Å². The maximum absolute atomic E-state index is 12.3. The van der Waals surface area contributed by atoms with Crippen molar-refractivity contribution in [2.24, 2.45) is 5.73 Å². The van der Waals surface area contributed by atoms with E-state index in [4.69, 9.17) is 22.1 Å². The number of aromatic nitrogens is 1. The molecule has 3 nitrogen and oxygen atoms in total. The van der Waals surface area contributed by atoms with Crippen molar-refractivity contribution in [3.63, 3.8) is 0 Å².